The van der Waals surface area contributed by atoms with Gasteiger partial charge in [-0.15, -0.1) is 12.4 Å². The molecule has 6 heteroatoms. The summed E-state index contributed by atoms with van der Waals surface area (Å²) in [7, 11) is 1.66. The molecule has 0 aromatic rings. The molecule has 0 spiro atoms. The Balaban J connectivity index is 0.00000112. The van der Waals surface area contributed by atoms with Gasteiger partial charge in [-0.25, -0.2) is 4.79 Å². The van der Waals surface area contributed by atoms with Gasteiger partial charge in [0.1, 0.15) is 0 Å². The van der Waals surface area contributed by atoms with Crippen LogP contribution < -0.4 is 10.6 Å². The second kappa shape index (κ2) is 5.53. The van der Waals surface area contributed by atoms with Gasteiger partial charge in [0.2, 0.25) is 0 Å². The molecule has 5 nitrogen and oxygen atoms in total. The van der Waals surface area contributed by atoms with E-state index in [-0.39, 0.29) is 24.5 Å². The molecule has 0 aromatic heterocycles. The third-order valence-electron chi connectivity index (χ3n) is 2.95. The first kappa shape index (κ1) is 12.5. The van der Waals surface area contributed by atoms with Crippen molar-refractivity contribution in [2.24, 2.45) is 0 Å². The molecule has 2 aliphatic rings. The summed E-state index contributed by atoms with van der Waals surface area (Å²) >= 11 is 0. The quantitative estimate of drug-likeness (QED) is 0.713. The van der Waals surface area contributed by atoms with Gasteiger partial charge in [0.25, 0.3) is 0 Å². The highest BCUT2D eigenvalue weighted by Gasteiger charge is 2.39. The topological polar surface area (TPSA) is 53.6 Å². The van der Waals surface area contributed by atoms with Gasteiger partial charge in [0.15, 0.2) is 0 Å². The van der Waals surface area contributed by atoms with Gasteiger partial charge >= 0.3 is 6.03 Å². The number of nitrogens with zero attached hydrogens (tertiary/aromatic N) is 1. The molecule has 0 aromatic carbocycles. The smallest absolute Gasteiger partial charge is 0.318 e. The number of halogens is 1. The van der Waals surface area contributed by atoms with E-state index in [2.05, 4.69) is 10.6 Å². The van der Waals surface area contributed by atoms with Crippen molar-refractivity contribution in [3.63, 3.8) is 0 Å². The number of hydrogen-bond donors (Lipinski definition) is 2. The lowest BCUT2D eigenvalue weighted by molar-refractivity contribution is 0.138. The summed E-state index contributed by atoms with van der Waals surface area (Å²) in [4.78, 5) is 13.5. The van der Waals surface area contributed by atoms with Gasteiger partial charge in [-0.05, 0) is 13.0 Å². The summed E-state index contributed by atoms with van der Waals surface area (Å²) in [6.45, 7) is 3.20. The number of rotatable bonds is 3. The average molecular weight is 236 g/mol. The molecule has 0 radical (unpaired) electrons. The maximum Gasteiger partial charge on any atom is 0.318 e. The van der Waals surface area contributed by atoms with Crippen molar-refractivity contribution in [2.75, 3.05) is 33.4 Å². The lowest BCUT2D eigenvalue weighted by Crippen LogP contribution is -2.49. The maximum absolute atomic E-state index is 11.6. The molecule has 0 unspecified atom stereocenters. The fraction of sp³-hybridized carbons (Fsp3) is 0.889. The zero-order valence-electron chi connectivity index (χ0n) is 8.86. The second-order valence-corrected chi connectivity index (χ2v) is 3.80. The number of piperidine rings is 1. The van der Waals surface area contributed by atoms with E-state index in [1.165, 1.54) is 0 Å². The van der Waals surface area contributed by atoms with Crippen LogP contribution in [0.25, 0.3) is 0 Å². The van der Waals surface area contributed by atoms with Crippen LogP contribution in [-0.4, -0.2) is 56.4 Å². The Morgan fingerprint density at radius 2 is 2.40 bits per heavy atom. The zero-order valence-corrected chi connectivity index (χ0v) is 9.68. The van der Waals surface area contributed by atoms with Crippen LogP contribution in [-0.2, 0) is 4.74 Å². The molecule has 2 fully saturated rings. The highest BCUT2D eigenvalue weighted by molar-refractivity contribution is 5.85. The Bertz CT molecular complexity index is 227. The fourth-order valence-electron chi connectivity index (χ4n) is 2.21. The number of amides is 2. The molecular weight excluding hydrogens is 218 g/mol. The third kappa shape index (κ3) is 2.53. The van der Waals surface area contributed by atoms with Crippen LogP contribution in [0.5, 0.6) is 0 Å². The lowest BCUT2D eigenvalue weighted by Gasteiger charge is -2.30. The van der Waals surface area contributed by atoms with E-state index in [1.807, 2.05) is 4.90 Å². The third-order valence-corrected chi connectivity index (χ3v) is 2.95. The van der Waals surface area contributed by atoms with Crippen LogP contribution in [0, 0.1) is 0 Å². The van der Waals surface area contributed by atoms with Crippen molar-refractivity contribution in [1.82, 2.24) is 15.5 Å². The normalized spacial score (nSPS) is 29.4. The van der Waals surface area contributed by atoms with Crippen molar-refractivity contribution < 1.29 is 9.53 Å². The van der Waals surface area contributed by atoms with E-state index in [0.717, 1.165) is 19.5 Å². The zero-order chi connectivity index (χ0) is 9.97. The van der Waals surface area contributed by atoms with Gasteiger partial charge in [-0.1, -0.05) is 0 Å². The molecule has 2 atom stereocenters. The molecular formula is C9H18ClN3O2. The highest BCUT2D eigenvalue weighted by Crippen LogP contribution is 2.18. The molecule has 2 rings (SSSR count). The summed E-state index contributed by atoms with van der Waals surface area (Å²) in [5, 5.41) is 6.26. The number of ether oxygens (including phenoxy) is 1. The first-order valence-corrected chi connectivity index (χ1v) is 5.09. The van der Waals surface area contributed by atoms with Gasteiger partial charge < -0.3 is 20.3 Å². The lowest BCUT2D eigenvalue weighted by atomic mass is 10.0. The largest absolute Gasteiger partial charge is 0.383 e. The predicted octanol–water partition coefficient (Wildman–Crippen LogP) is -0.190. The van der Waals surface area contributed by atoms with E-state index >= 15 is 0 Å². The Labute approximate surface area is 95.9 Å². The number of carbonyl (C=O) groups excluding carboxylic acids is 1. The minimum Gasteiger partial charge on any atom is -0.383 e. The number of carbonyl (C=O) groups is 1. The Morgan fingerprint density at radius 1 is 1.60 bits per heavy atom. The van der Waals surface area contributed by atoms with Crippen LogP contribution in [0.15, 0.2) is 0 Å². The van der Waals surface area contributed by atoms with Crippen LogP contribution in [0.2, 0.25) is 0 Å². The van der Waals surface area contributed by atoms with Crippen LogP contribution in [0.4, 0.5) is 4.79 Å². The Morgan fingerprint density at radius 3 is 3.13 bits per heavy atom. The van der Waals surface area contributed by atoms with Crippen molar-refractivity contribution in [3.05, 3.63) is 0 Å². The van der Waals surface area contributed by atoms with Crippen molar-refractivity contribution in [1.29, 1.82) is 0 Å². The second-order valence-electron chi connectivity index (χ2n) is 3.80. The molecule has 15 heavy (non-hydrogen) atoms. The average Bonchev–Trinajstić information content (AvgIpc) is 2.51. The van der Waals surface area contributed by atoms with Crippen LogP contribution in [0.1, 0.15) is 6.42 Å². The molecule has 0 saturated carbocycles. The molecule has 2 heterocycles. The SMILES string of the molecule is COCCN1C(=O)N[C@H]2CNCC[C@H]21.Cl. The summed E-state index contributed by atoms with van der Waals surface area (Å²) in [6.07, 6.45) is 1.03. The Kier molecular flexibility index (Phi) is 4.63. The fourth-order valence-corrected chi connectivity index (χ4v) is 2.21. The molecule has 2 aliphatic heterocycles. The van der Waals surface area contributed by atoms with E-state index in [0.29, 0.717) is 19.2 Å². The first-order chi connectivity index (χ1) is 6.83. The molecule has 2 N–H and O–H groups in total. The number of fused-ring (bicyclic) bond motifs is 1. The van der Waals surface area contributed by atoms with Crippen LogP contribution in [0.3, 0.4) is 0 Å². The molecule has 2 amide bonds. The number of hydrogen-bond acceptors (Lipinski definition) is 3. The maximum atomic E-state index is 11.6. The van der Waals surface area contributed by atoms with E-state index < -0.39 is 0 Å². The van der Waals surface area contributed by atoms with Crippen molar-refractivity contribution in [2.45, 2.75) is 18.5 Å². The minimum atomic E-state index is 0. The van der Waals surface area contributed by atoms with Gasteiger partial charge in [0.05, 0.1) is 18.7 Å². The molecule has 0 bridgehead atoms. The molecule has 88 valence electrons. The molecule has 2 saturated heterocycles. The summed E-state index contributed by atoms with van der Waals surface area (Å²) in [5.41, 5.74) is 0. The van der Waals surface area contributed by atoms with E-state index in [1.54, 1.807) is 7.11 Å². The summed E-state index contributed by atoms with van der Waals surface area (Å²) in [6, 6.07) is 0.702. The minimum absolute atomic E-state index is 0. The first-order valence-electron chi connectivity index (χ1n) is 5.09. The van der Waals surface area contributed by atoms with Crippen molar-refractivity contribution >= 4 is 18.4 Å². The van der Waals surface area contributed by atoms with Gasteiger partial charge in [-0.2, -0.15) is 0 Å². The van der Waals surface area contributed by atoms with Gasteiger partial charge in [0, 0.05) is 20.2 Å². The Hall–Kier alpha value is -0.520. The highest BCUT2D eigenvalue weighted by atomic mass is 35.5. The molecule has 0 aliphatic carbocycles. The number of urea groups is 1. The summed E-state index contributed by atoms with van der Waals surface area (Å²) < 4.78 is 4.99. The van der Waals surface area contributed by atoms with Gasteiger partial charge in [-0.3, -0.25) is 0 Å². The predicted molar refractivity (Wildman–Crippen MR) is 59.4 cm³/mol. The summed E-state index contributed by atoms with van der Waals surface area (Å²) in [5.74, 6) is 0. The standard InChI is InChI=1S/C9H17N3O2.ClH/c1-14-5-4-12-8-2-3-10-6-7(8)11-9(12)13;/h7-8,10H,2-6H2,1H3,(H,11,13);1H/t7-,8+;/m0./s1. The van der Waals surface area contributed by atoms with E-state index in [9.17, 15) is 4.79 Å². The number of methoxy groups -OCH3 is 1. The number of nitrogens with one attached hydrogen (secondary N) is 2. The van der Waals surface area contributed by atoms with Crippen LogP contribution >= 0.6 is 12.4 Å². The van der Waals surface area contributed by atoms with E-state index in [4.69, 9.17) is 4.74 Å². The van der Waals surface area contributed by atoms with Crippen molar-refractivity contribution in [3.8, 4) is 0 Å². The monoisotopic (exact) mass is 235 g/mol.